The average Bonchev–Trinajstić information content (AvgIpc) is 4.13. The molecule has 2 N–H and O–H groups in total. The molecule has 0 amide bonds. The molecule has 0 aliphatic carbocycles. The minimum atomic E-state index is 0. The Morgan fingerprint density at radius 1 is 0.277 bits per heavy atom. The summed E-state index contributed by atoms with van der Waals surface area (Å²) in [5, 5.41) is 17.4. The molecule has 2 aliphatic heterocycles. The summed E-state index contributed by atoms with van der Waals surface area (Å²) in [7, 11) is 0. The summed E-state index contributed by atoms with van der Waals surface area (Å²) in [6, 6.07) is 44.3. The van der Waals surface area contributed by atoms with E-state index in [2.05, 4.69) is 174 Å². The Kier molecular flexibility index (Phi) is 11.0. The second-order valence-corrected chi connectivity index (χ2v) is 22.6. The van der Waals surface area contributed by atoms with Gasteiger partial charge in [-0.2, -0.15) is 0 Å². The second-order valence-electron chi connectivity index (χ2n) is 15.1. The van der Waals surface area contributed by atoms with Crippen LogP contribution < -0.4 is 0 Å². The van der Waals surface area contributed by atoms with Crippen molar-refractivity contribution < 1.29 is 21.1 Å². The van der Waals surface area contributed by atoms with Crippen LogP contribution >= 0.6 is 90.7 Å². The van der Waals surface area contributed by atoms with Crippen molar-refractivity contribution in [1.82, 2.24) is 19.9 Å². The molecule has 0 aromatic carbocycles. The van der Waals surface area contributed by atoms with Gasteiger partial charge in [0.1, 0.15) is 0 Å². The molecule has 4 nitrogen and oxygen atoms in total. The van der Waals surface area contributed by atoms with E-state index in [0.29, 0.717) is 0 Å². The van der Waals surface area contributed by atoms with Crippen LogP contribution in [0.25, 0.3) is 86.1 Å². The summed E-state index contributed by atoms with van der Waals surface area (Å²) in [6.07, 6.45) is 0. The fourth-order valence-electron chi connectivity index (χ4n) is 8.86. The molecule has 13 heterocycles. The minimum absolute atomic E-state index is 0. The van der Waals surface area contributed by atoms with Gasteiger partial charge in [0.15, 0.2) is 0 Å². The van der Waals surface area contributed by atoms with Crippen LogP contribution in [0.1, 0.15) is 42.3 Å². The molecule has 2 aliphatic rings. The maximum Gasteiger partial charge on any atom is 0.0752 e. The third-order valence-corrected chi connectivity index (χ3v) is 18.5. The van der Waals surface area contributed by atoms with E-state index in [0.717, 1.165) is 67.1 Å². The van der Waals surface area contributed by atoms with E-state index >= 15 is 0 Å². The van der Waals surface area contributed by atoms with Crippen LogP contribution in [-0.4, -0.2) is 19.9 Å². The van der Waals surface area contributed by atoms with Gasteiger partial charge in [0.2, 0.25) is 0 Å². The summed E-state index contributed by atoms with van der Waals surface area (Å²) < 4.78 is 0. The van der Waals surface area contributed by atoms with Crippen molar-refractivity contribution in [1.29, 1.82) is 0 Å². The van der Waals surface area contributed by atoms with Gasteiger partial charge in [-0.15, -0.1) is 90.7 Å². The molecule has 0 radical (unpaired) electrons. The molecule has 11 aromatic rings. The maximum absolute atomic E-state index is 5.70. The first-order chi connectivity index (χ1) is 31.7. The third kappa shape index (κ3) is 7.18. The van der Waals surface area contributed by atoms with Gasteiger partial charge in [0.25, 0.3) is 0 Å². The van der Waals surface area contributed by atoms with Gasteiger partial charge >= 0.3 is 0 Å². The number of aromatic amines is 2. The molecule has 0 unspecified atom stereocenters. The Balaban J connectivity index is 0.00000444. The Bertz CT molecular complexity index is 3200. The van der Waals surface area contributed by atoms with Crippen LogP contribution in [0, 0.1) is 0 Å². The average molecular weight is 1160 g/mol. The van der Waals surface area contributed by atoms with Crippen molar-refractivity contribution in [3.8, 4) is 41.8 Å². The summed E-state index contributed by atoms with van der Waals surface area (Å²) in [6.45, 7) is 0. The number of aromatic nitrogens is 4. The molecule has 0 spiro atoms. The van der Waals surface area contributed by atoms with Crippen LogP contribution in [-0.2, 0) is 21.1 Å². The van der Waals surface area contributed by atoms with Crippen LogP contribution in [0.2, 0.25) is 0 Å². The fourth-order valence-corrected chi connectivity index (χ4v) is 15.2. The molecule has 0 atom stereocenters. The summed E-state index contributed by atoms with van der Waals surface area (Å²) in [4.78, 5) is 29.0. The fraction of sp³-hybridized carbons (Fsp3) is 0. The Hall–Kier alpha value is -5.11. The number of thiophene rings is 8. The van der Waals surface area contributed by atoms with E-state index in [1.54, 1.807) is 90.7 Å². The van der Waals surface area contributed by atoms with Gasteiger partial charge in [0, 0.05) is 105 Å². The molecular weight excluding hydrogens is 1130 g/mol. The van der Waals surface area contributed by atoms with Gasteiger partial charge in [-0.3, -0.25) is 0 Å². The quantitative estimate of drug-likeness (QED) is 0.159. The number of hydrogen-bond donors (Lipinski definition) is 2. The Morgan fingerprint density at radius 2 is 0.477 bits per heavy atom. The zero-order valence-electron chi connectivity index (χ0n) is 33.6. The van der Waals surface area contributed by atoms with E-state index in [9.17, 15) is 0 Å². The van der Waals surface area contributed by atoms with Crippen molar-refractivity contribution in [3.05, 3.63) is 207 Å². The third-order valence-electron chi connectivity index (χ3n) is 11.4. The number of nitrogens with one attached hydrogen (secondary N) is 2. The van der Waals surface area contributed by atoms with Crippen molar-refractivity contribution >= 4 is 135 Å². The molecule has 316 valence electrons. The minimum Gasteiger partial charge on any atom is -0.354 e. The van der Waals surface area contributed by atoms with E-state index in [-0.39, 0.29) is 21.1 Å². The van der Waals surface area contributed by atoms with E-state index < -0.39 is 0 Å². The van der Waals surface area contributed by atoms with Gasteiger partial charge in [0.05, 0.1) is 44.8 Å². The number of hydrogen-bond acceptors (Lipinski definition) is 10. The van der Waals surface area contributed by atoms with Gasteiger partial charge in [-0.05, 0) is 116 Å². The van der Waals surface area contributed by atoms with Crippen LogP contribution in [0.15, 0.2) is 164 Å². The molecule has 0 saturated heterocycles. The van der Waals surface area contributed by atoms with Crippen LogP contribution in [0.4, 0.5) is 0 Å². The first-order valence-electron chi connectivity index (χ1n) is 20.4. The largest absolute Gasteiger partial charge is 0.354 e. The molecular formula is C52H30N4PtS8. The van der Waals surface area contributed by atoms with Gasteiger partial charge in [-0.1, -0.05) is 48.5 Å². The van der Waals surface area contributed by atoms with Crippen LogP contribution in [0.3, 0.4) is 0 Å². The molecule has 11 aromatic heterocycles. The summed E-state index contributed by atoms with van der Waals surface area (Å²) in [5.41, 5.74) is 17.0. The standard InChI is InChI=1S/C52H30N4S8.Pt/c1-9-37(57-17-1)45-29-25-31-47(39-11-3-19-59-39)49(41-13-5-21-61-41)33(54-31)27-35-51(43-15-7-23-63-43)52(44-16-8-24-64-44)36(56-35)28-34-50(42-14-6-22-62-42)48(40-12-4-20-60-40)32(55-34)26-30(53-29)46(45)38-10-2-18-58-38;/h1-28,53,56H;. The molecule has 8 bridgehead atoms. The zero-order chi connectivity index (χ0) is 42.1. The number of H-pyrrole nitrogens is 2. The Morgan fingerprint density at radius 3 is 0.662 bits per heavy atom. The summed E-state index contributed by atoms with van der Waals surface area (Å²) >= 11 is 14.1. The van der Waals surface area contributed by atoms with Crippen molar-refractivity contribution in [2.45, 2.75) is 0 Å². The molecule has 13 heteroatoms. The van der Waals surface area contributed by atoms with Crippen molar-refractivity contribution in [2.75, 3.05) is 0 Å². The first kappa shape index (κ1) is 41.3. The van der Waals surface area contributed by atoms with E-state index in [1.807, 2.05) is 0 Å². The number of fused-ring (bicyclic) bond motifs is 8. The normalized spacial score (nSPS) is 12.7. The van der Waals surface area contributed by atoms with Crippen molar-refractivity contribution in [2.24, 2.45) is 0 Å². The predicted octanol–water partition coefficient (Wildman–Crippen LogP) is 17.5. The summed E-state index contributed by atoms with van der Waals surface area (Å²) in [5.74, 6) is 0. The molecule has 13 rings (SSSR count). The zero-order valence-corrected chi connectivity index (χ0v) is 42.4. The van der Waals surface area contributed by atoms with Gasteiger partial charge in [-0.25, -0.2) is 9.97 Å². The number of nitrogens with zero attached hydrogens (tertiary/aromatic N) is 2. The SMILES string of the molecule is [Pt].c1csc(C2=C(c3cccs3)c3cc4[nH]c(cc5nc(cc6[nH]c(cc2n3)c(-c2cccs2)c6-c2cccs2)C(c2cccs2)=C5c2cccs2)c(-c2cccs2)c4-c2cccs2)c1. The Labute approximate surface area is 420 Å². The monoisotopic (exact) mass is 1160 g/mol. The number of rotatable bonds is 8. The smallest absolute Gasteiger partial charge is 0.0752 e. The predicted molar refractivity (Wildman–Crippen MR) is 282 cm³/mol. The van der Waals surface area contributed by atoms with E-state index in [1.165, 1.54) is 61.3 Å². The molecule has 65 heavy (non-hydrogen) atoms. The second kappa shape index (κ2) is 17.3. The molecule has 0 saturated carbocycles. The van der Waals surface area contributed by atoms with E-state index in [4.69, 9.17) is 9.97 Å². The van der Waals surface area contributed by atoms with Crippen molar-refractivity contribution in [3.63, 3.8) is 0 Å². The maximum atomic E-state index is 5.70. The van der Waals surface area contributed by atoms with Gasteiger partial charge < -0.3 is 9.97 Å². The first-order valence-corrected chi connectivity index (χ1v) is 27.4. The topological polar surface area (TPSA) is 57.4 Å². The van der Waals surface area contributed by atoms with Crippen LogP contribution in [0.5, 0.6) is 0 Å². The molecule has 0 fully saturated rings.